The van der Waals surface area contributed by atoms with Gasteiger partial charge in [0.2, 0.25) is 5.91 Å². The first-order valence-electron chi connectivity index (χ1n) is 11.1. The molecular weight excluding hydrogens is 377 g/mol. The number of anilines is 1. The molecule has 0 spiro atoms. The lowest BCUT2D eigenvalue weighted by atomic mass is 9.46. The summed E-state index contributed by atoms with van der Waals surface area (Å²) in [5.41, 5.74) is 2.85. The van der Waals surface area contributed by atoms with E-state index in [-0.39, 0.29) is 28.7 Å². The third-order valence-corrected chi connectivity index (χ3v) is 7.85. The van der Waals surface area contributed by atoms with Crippen LogP contribution in [0.15, 0.2) is 48.1 Å². The number of hydrogen-bond donors (Lipinski definition) is 2. The number of fused-ring (bicyclic) bond motifs is 1. The van der Waals surface area contributed by atoms with Crippen LogP contribution in [0.25, 0.3) is 0 Å². The van der Waals surface area contributed by atoms with Crippen LogP contribution in [0.2, 0.25) is 0 Å². The van der Waals surface area contributed by atoms with E-state index in [2.05, 4.69) is 32.7 Å². The largest absolute Gasteiger partial charge is 0.393 e. The summed E-state index contributed by atoms with van der Waals surface area (Å²) >= 11 is 0. The normalized spacial score (nSPS) is 31.2. The van der Waals surface area contributed by atoms with Crippen LogP contribution in [0.1, 0.15) is 66.2 Å². The summed E-state index contributed by atoms with van der Waals surface area (Å²) < 4.78 is 13.3. The number of aliphatic hydroxyl groups excluding tert-OH is 1. The van der Waals surface area contributed by atoms with Crippen molar-refractivity contribution in [3.8, 4) is 0 Å². The van der Waals surface area contributed by atoms with Crippen molar-refractivity contribution < 1.29 is 14.3 Å². The van der Waals surface area contributed by atoms with E-state index in [0.717, 1.165) is 44.1 Å². The first-order valence-corrected chi connectivity index (χ1v) is 11.1. The fraction of sp³-hybridized carbons (Fsp3) is 0.577. The lowest BCUT2D eigenvalue weighted by Crippen LogP contribution is -2.54. The van der Waals surface area contributed by atoms with Crippen molar-refractivity contribution in [2.75, 3.05) is 5.32 Å². The molecule has 0 aromatic heterocycles. The predicted octanol–water partition coefficient (Wildman–Crippen LogP) is 6.26. The van der Waals surface area contributed by atoms with Gasteiger partial charge in [-0.15, -0.1) is 0 Å². The number of carbonyl (C=O) groups is 1. The van der Waals surface area contributed by atoms with E-state index in [4.69, 9.17) is 0 Å². The molecule has 164 valence electrons. The number of hydrogen-bond acceptors (Lipinski definition) is 2. The van der Waals surface area contributed by atoms with Crippen molar-refractivity contribution >= 4 is 11.6 Å². The smallest absolute Gasteiger partial charge is 0.248 e. The molecule has 0 aliphatic heterocycles. The molecule has 3 rings (SSSR count). The molecular formula is C26H36FNO2. The first-order chi connectivity index (χ1) is 14.0. The summed E-state index contributed by atoms with van der Waals surface area (Å²) in [7, 11) is 0. The number of benzene rings is 1. The maximum atomic E-state index is 13.3. The van der Waals surface area contributed by atoms with E-state index in [1.165, 1.54) is 17.7 Å². The lowest BCUT2D eigenvalue weighted by molar-refractivity contribution is -0.124. The molecule has 2 aliphatic carbocycles. The molecule has 2 fully saturated rings. The Hall–Kier alpha value is -1.94. The molecule has 2 saturated carbocycles. The van der Waals surface area contributed by atoms with Crippen molar-refractivity contribution in [2.24, 2.45) is 22.7 Å². The molecule has 0 radical (unpaired) electrons. The van der Waals surface area contributed by atoms with Gasteiger partial charge in [-0.25, -0.2) is 4.39 Å². The Morgan fingerprint density at radius 2 is 2.07 bits per heavy atom. The van der Waals surface area contributed by atoms with E-state index in [0.29, 0.717) is 17.5 Å². The van der Waals surface area contributed by atoms with Gasteiger partial charge in [-0.1, -0.05) is 44.6 Å². The number of allylic oxidation sites excluding steroid dienone is 2. The second kappa shape index (κ2) is 8.66. The first kappa shape index (κ1) is 22.7. The van der Waals surface area contributed by atoms with Gasteiger partial charge in [0, 0.05) is 11.8 Å². The Labute approximate surface area is 180 Å². The number of amides is 1. The van der Waals surface area contributed by atoms with E-state index >= 15 is 0 Å². The quantitative estimate of drug-likeness (QED) is 0.442. The zero-order valence-electron chi connectivity index (χ0n) is 18.8. The van der Waals surface area contributed by atoms with E-state index < -0.39 is 0 Å². The summed E-state index contributed by atoms with van der Waals surface area (Å²) in [5, 5.41) is 13.3. The van der Waals surface area contributed by atoms with Crippen molar-refractivity contribution in [1.82, 2.24) is 0 Å². The van der Waals surface area contributed by atoms with Crippen molar-refractivity contribution in [3.63, 3.8) is 0 Å². The summed E-state index contributed by atoms with van der Waals surface area (Å²) in [6, 6.07) is 5.92. The summed E-state index contributed by atoms with van der Waals surface area (Å²) in [6.45, 7) is 13.2. The zero-order chi connectivity index (χ0) is 22.1. The standard InChI is InChI=1S/C26H36FNO2/c1-17(15-24(30)28-20-8-6-7-19(27)16-20)9-11-21-18(2)10-12-22-25(3,4)23(29)13-14-26(21,22)5/h6-8,15-16,21-23,29H,2,9-14H2,1,3-5H3,(H,28,30)/b17-15+/t21-,22-,23-,26+/m1/s1. The SMILES string of the molecule is C=C1CC[C@@H]2C(C)(C)[C@H](O)CC[C@@]2(C)[C@@H]1CC/C(C)=C/C(=O)Nc1cccc(F)c1. The van der Waals surface area contributed by atoms with E-state index in [1.807, 2.05) is 6.92 Å². The molecule has 3 nitrogen and oxygen atoms in total. The number of halogens is 1. The molecule has 1 amide bonds. The van der Waals surface area contributed by atoms with Crippen LogP contribution in [0, 0.1) is 28.5 Å². The highest BCUT2D eigenvalue weighted by molar-refractivity contribution is 5.99. The van der Waals surface area contributed by atoms with Crippen LogP contribution >= 0.6 is 0 Å². The van der Waals surface area contributed by atoms with Gasteiger partial charge in [0.1, 0.15) is 5.82 Å². The number of nitrogens with one attached hydrogen (secondary N) is 1. The molecule has 2 N–H and O–H groups in total. The lowest BCUT2D eigenvalue weighted by Gasteiger charge is -2.59. The van der Waals surface area contributed by atoms with Crippen LogP contribution < -0.4 is 5.32 Å². The molecule has 1 aromatic carbocycles. The van der Waals surface area contributed by atoms with Crippen LogP contribution in [-0.2, 0) is 4.79 Å². The van der Waals surface area contributed by atoms with Crippen LogP contribution in [0.4, 0.5) is 10.1 Å². The van der Waals surface area contributed by atoms with Gasteiger partial charge in [0.05, 0.1) is 6.10 Å². The minimum absolute atomic E-state index is 0.0817. The average Bonchev–Trinajstić information content (AvgIpc) is 2.64. The molecule has 0 unspecified atom stereocenters. The highest BCUT2D eigenvalue weighted by atomic mass is 19.1. The van der Waals surface area contributed by atoms with Crippen molar-refractivity contribution in [2.45, 2.75) is 72.3 Å². The zero-order valence-corrected chi connectivity index (χ0v) is 18.8. The third-order valence-electron chi connectivity index (χ3n) is 7.85. The minimum atomic E-state index is -0.368. The van der Waals surface area contributed by atoms with Gasteiger partial charge in [0.25, 0.3) is 0 Å². The Morgan fingerprint density at radius 3 is 2.77 bits per heavy atom. The molecule has 4 heteroatoms. The van der Waals surface area contributed by atoms with Gasteiger partial charge < -0.3 is 10.4 Å². The molecule has 2 aliphatic rings. The molecule has 4 atom stereocenters. The van der Waals surface area contributed by atoms with Crippen LogP contribution in [0.3, 0.4) is 0 Å². The highest BCUT2D eigenvalue weighted by Crippen LogP contribution is 2.61. The van der Waals surface area contributed by atoms with Crippen molar-refractivity contribution in [3.05, 3.63) is 53.9 Å². The topological polar surface area (TPSA) is 49.3 Å². The third kappa shape index (κ3) is 4.54. The molecule has 0 heterocycles. The predicted molar refractivity (Wildman–Crippen MR) is 121 cm³/mol. The number of carbonyl (C=O) groups excluding carboxylic acids is 1. The molecule has 0 saturated heterocycles. The van der Waals surface area contributed by atoms with Crippen LogP contribution in [-0.4, -0.2) is 17.1 Å². The van der Waals surface area contributed by atoms with Crippen LogP contribution in [0.5, 0.6) is 0 Å². The summed E-state index contributed by atoms with van der Waals surface area (Å²) in [6.07, 6.45) is 7.15. The Morgan fingerprint density at radius 1 is 1.33 bits per heavy atom. The summed E-state index contributed by atoms with van der Waals surface area (Å²) in [5.74, 6) is 0.279. The van der Waals surface area contributed by atoms with Gasteiger partial charge >= 0.3 is 0 Å². The van der Waals surface area contributed by atoms with E-state index in [1.54, 1.807) is 18.2 Å². The average molecular weight is 414 g/mol. The fourth-order valence-electron chi connectivity index (χ4n) is 6.11. The Bertz CT molecular complexity index is 843. The van der Waals surface area contributed by atoms with Gasteiger partial charge in [-0.2, -0.15) is 0 Å². The maximum Gasteiger partial charge on any atom is 0.248 e. The second-order valence-corrected chi connectivity index (χ2v) is 10.2. The van der Waals surface area contributed by atoms with Gasteiger partial charge in [-0.05, 0) is 86.3 Å². The van der Waals surface area contributed by atoms with E-state index in [9.17, 15) is 14.3 Å². The number of rotatable bonds is 5. The monoisotopic (exact) mass is 413 g/mol. The Kier molecular flexibility index (Phi) is 6.57. The fourth-order valence-corrected chi connectivity index (χ4v) is 6.11. The second-order valence-electron chi connectivity index (χ2n) is 10.2. The summed E-state index contributed by atoms with van der Waals surface area (Å²) in [4.78, 5) is 12.3. The Balaban J connectivity index is 1.66. The highest BCUT2D eigenvalue weighted by Gasteiger charge is 2.55. The number of aliphatic hydroxyl groups is 1. The molecule has 1 aromatic rings. The van der Waals surface area contributed by atoms with Gasteiger partial charge in [-0.3, -0.25) is 4.79 Å². The van der Waals surface area contributed by atoms with Gasteiger partial charge in [0.15, 0.2) is 0 Å². The molecule has 30 heavy (non-hydrogen) atoms. The minimum Gasteiger partial charge on any atom is -0.393 e. The molecule has 0 bridgehead atoms. The van der Waals surface area contributed by atoms with Crippen molar-refractivity contribution in [1.29, 1.82) is 0 Å². The maximum absolute atomic E-state index is 13.3.